The van der Waals surface area contributed by atoms with E-state index >= 15 is 0 Å². The van der Waals surface area contributed by atoms with Crippen LogP contribution in [0, 0.1) is 0 Å². The van der Waals surface area contributed by atoms with Crippen molar-refractivity contribution in [2.45, 2.75) is 32.4 Å². The van der Waals surface area contributed by atoms with E-state index in [9.17, 15) is 4.79 Å². The number of benzene rings is 1. The summed E-state index contributed by atoms with van der Waals surface area (Å²) in [4.78, 5) is 21.1. The predicted octanol–water partition coefficient (Wildman–Crippen LogP) is 3.66. The molecule has 0 unspecified atom stereocenters. The first kappa shape index (κ1) is 18.9. The summed E-state index contributed by atoms with van der Waals surface area (Å²) in [6, 6.07) is 13.2. The van der Waals surface area contributed by atoms with E-state index in [1.807, 2.05) is 44.3 Å². The molecule has 0 radical (unpaired) electrons. The SMILES string of the molecule is CC(C)Oc1ccc(C(=O)N[C@@H]2COc3cccc(-c4cccnc4)c3C2)cn1. The highest BCUT2D eigenvalue weighted by molar-refractivity contribution is 5.94. The molecule has 1 aliphatic heterocycles. The van der Waals surface area contributed by atoms with Gasteiger partial charge in [-0.05, 0) is 37.6 Å². The lowest BCUT2D eigenvalue weighted by atomic mass is 9.93. The van der Waals surface area contributed by atoms with E-state index in [-0.39, 0.29) is 18.1 Å². The van der Waals surface area contributed by atoms with Crippen LogP contribution < -0.4 is 14.8 Å². The third kappa shape index (κ3) is 4.37. The maximum Gasteiger partial charge on any atom is 0.253 e. The normalized spacial score (nSPS) is 15.3. The summed E-state index contributed by atoms with van der Waals surface area (Å²) in [7, 11) is 0. The lowest BCUT2D eigenvalue weighted by Crippen LogP contribution is -2.42. The molecule has 0 saturated carbocycles. The van der Waals surface area contributed by atoms with Gasteiger partial charge in [-0.3, -0.25) is 9.78 Å². The number of fused-ring (bicyclic) bond motifs is 1. The number of aromatic nitrogens is 2. The number of carbonyl (C=O) groups is 1. The van der Waals surface area contributed by atoms with Crippen LogP contribution in [0.3, 0.4) is 0 Å². The Morgan fingerprint density at radius 3 is 2.79 bits per heavy atom. The Kier molecular flexibility index (Phi) is 5.42. The van der Waals surface area contributed by atoms with Crippen LogP contribution in [0.5, 0.6) is 11.6 Å². The van der Waals surface area contributed by atoms with Crippen LogP contribution in [0.1, 0.15) is 29.8 Å². The number of nitrogens with zero attached hydrogens (tertiary/aromatic N) is 2. The van der Waals surface area contributed by atoms with Gasteiger partial charge in [0.2, 0.25) is 5.88 Å². The van der Waals surface area contributed by atoms with Crippen LogP contribution >= 0.6 is 0 Å². The minimum atomic E-state index is -0.176. The Hall–Kier alpha value is -3.41. The standard InChI is InChI=1S/C23H23N3O3/c1-15(2)29-22-9-8-17(13-25-22)23(27)26-18-11-20-19(16-5-4-10-24-12-16)6-3-7-21(20)28-14-18/h3-10,12-13,15,18H,11,14H2,1-2H3,(H,26,27)/t18-/m0/s1. The lowest BCUT2D eigenvalue weighted by molar-refractivity contribution is 0.0915. The quantitative estimate of drug-likeness (QED) is 0.721. The molecule has 2 aromatic heterocycles. The van der Waals surface area contributed by atoms with Crippen molar-refractivity contribution in [2.75, 3.05) is 6.61 Å². The van der Waals surface area contributed by atoms with Crippen LogP contribution in [0.15, 0.2) is 61.1 Å². The number of amides is 1. The molecule has 4 rings (SSSR count). The highest BCUT2D eigenvalue weighted by atomic mass is 16.5. The number of rotatable bonds is 5. The molecule has 3 heterocycles. The molecule has 6 nitrogen and oxygen atoms in total. The zero-order chi connectivity index (χ0) is 20.2. The third-order valence-corrected chi connectivity index (χ3v) is 4.69. The molecule has 1 amide bonds. The molecular formula is C23H23N3O3. The van der Waals surface area contributed by atoms with E-state index in [0.717, 1.165) is 22.4 Å². The summed E-state index contributed by atoms with van der Waals surface area (Å²) in [6.45, 7) is 4.29. The fraction of sp³-hybridized carbons (Fsp3) is 0.261. The largest absolute Gasteiger partial charge is 0.491 e. The van der Waals surface area contributed by atoms with Gasteiger partial charge in [0.1, 0.15) is 12.4 Å². The van der Waals surface area contributed by atoms with Crippen LogP contribution in [-0.2, 0) is 6.42 Å². The van der Waals surface area contributed by atoms with Crippen LogP contribution in [0.25, 0.3) is 11.1 Å². The summed E-state index contributed by atoms with van der Waals surface area (Å²) in [5, 5.41) is 3.05. The van der Waals surface area contributed by atoms with Crippen LogP contribution in [0.4, 0.5) is 0 Å². The van der Waals surface area contributed by atoms with E-state index in [1.54, 1.807) is 18.3 Å². The zero-order valence-electron chi connectivity index (χ0n) is 16.5. The highest BCUT2D eigenvalue weighted by Crippen LogP contribution is 2.34. The summed E-state index contributed by atoms with van der Waals surface area (Å²) < 4.78 is 11.5. The zero-order valence-corrected chi connectivity index (χ0v) is 16.5. The van der Waals surface area contributed by atoms with Crippen LogP contribution in [-0.4, -0.2) is 34.6 Å². The topological polar surface area (TPSA) is 73.3 Å². The molecule has 29 heavy (non-hydrogen) atoms. The van der Waals surface area contributed by atoms with Crippen molar-refractivity contribution in [2.24, 2.45) is 0 Å². The Labute approximate surface area is 169 Å². The average molecular weight is 389 g/mol. The predicted molar refractivity (Wildman–Crippen MR) is 110 cm³/mol. The second-order valence-electron chi connectivity index (χ2n) is 7.26. The number of nitrogens with one attached hydrogen (secondary N) is 1. The van der Waals surface area contributed by atoms with Crippen LogP contribution in [0.2, 0.25) is 0 Å². The maximum atomic E-state index is 12.7. The molecule has 0 spiro atoms. The van der Waals surface area contributed by atoms with E-state index < -0.39 is 0 Å². The van der Waals surface area contributed by atoms with Gasteiger partial charge in [0.15, 0.2) is 0 Å². The van der Waals surface area contributed by atoms with E-state index in [1.165, 1.54) is 6.20 Å². The second-order valence-corrected chi connectivity index (χ2v) is 7.26. The number of pyridine rings is 2. The van der Waals surface area contributed by atoms with Gasteiger partial charge in [-0.15, -0.1) is 0 Å². The average Bonchev–Trinajstić information content (AvgIpc) is 2.74. The summed E-state index contributed by atoms with van der Waals surface area (Å²) in [5.41, 5.74) is 3.68. The number of ether oxygens (including phenoxy) is 2. The highest BCUT2D eigenvalue weighted by Gasteiger charge is 2.24. The Bertz CT molecular complexity index is 988. The van der Waals surface area contributed by atoms with Gasteiger partial charge in [0.25, 0.3) is 5.91 Å². The number of carbonyl (C=O) groups excluding carboxylic acids is 1. The van der Waals surface area contributed by atoms with Crippen molar-refractivity contribution in [1.29, 1.82) is 0 Å². The van der Waals surface area contributed by atoms with Crippen molar-refractivity contribution in [3.05, 3.63) is 72.2 Å². The molecule has 1 atom stereocenters. The molecule has 148 valence electrons. The minimum Gasteiger partial charge on any atom is -0.491 e. The molecule has 1 N–H and O–H groups in total. The molecule has 0 aliphatic carbocycles. The van der Waals surface area contributed by atoms with Crippen molar-refractivity contribution >= 4 is 5.91 Å². The summed E-state index contributed by atoms with van der Waals surface area (Å²) >= 11 is 0. The molecule has 0 saturated heterocycles. The van der Waals surface area contributed by atoms with Gasteiger partial charge in [-0.1, -0.05) is 18.2 Å². The smallest absolute Gasteiger partial charge is 0.253 e. The van der Waals surface area contributed by atoms with Crippen molar-refractivity contribution in [3.8, 4) is 22.8 Å². The van der Waals surface area contributed by atoms with E-state index in [0.29, 0.717) is 24.5 Å². The third-order valence-electron chi connectivity index (χ3n) is 4.69. The first-order valence-electron chi connectivity index (χ1n) is 9.69. The minimum absolute atomic E-state index is 0.0376. The fourth-order valence-electron chi connectivity index (χ4n) is 3.39. The van der Waals surface area contributed by atoms with Crippen molar-refractivity contribution in [1.82, 2.24) is 15.3 Å². The molecule has 1 aromatic carbocycles. The van der Waals surface area contributed by atoms with Gasteiger partial charge in [0.05, 0.1) is 17.7 Å². The molecule has 3 aromatic rings. The first-order chi connectivity index (χ1) is 14.1. The van der Waals surface area contributed by atoms with Gasteiger partial charge in [0, 0.05) is 42.2 Å². The Balaban J connectivity index is 1.48. The molecule has 0 fully saturated rings. The van der Waals surface area contributed by atoms with Crippen molar-refractivity contribution < 1.29 is 14.3 Å². The number of hydrogen-bond donors (Lipinski definition) is 1. The van der Waals surface area contributed by atoms with Crippen molar-refractivity contribution in [3.63, 3.8) is 0 Å². The van der Waals surface area contributed by atoms with Gasteiger partial charge in [-0.2, -0.15) is 0 Å². The van der Waals surface area contributed by atoms with E-state index in [4.69, 9.17) is 9.47 Å². The molecular weight excluding hydrogens is 366 g/mol. The summed E-state index contributed by atoms with van der Waals surface area (Å²) in [6.07, 6.45) is 5.85. The number of hydrogen-bond acceptors (Lipinski definition) is 5. The van der Waals surface area contributed by atoms with Gasteiger partial charge in [-0.25, -0.2) is 4.98 Å². The lowest BCUT2D eigenvalue weighted by Gasteiger charge is -2.28. The molecule has 1 aliphatic rings. The summed E-state index contributed by atoms with van der Waals surface area (Å²) in [5.74, 6) is 1.19. The first-order valence-corrected chi connectivity index (χ1v) is 9.69. The Morgan fingerprint density at radius 2 is 2.07 bits per heavy atom. The monoisotopic (exact) mass is 389 g/mol. The molecule has 6 heteroatoms. The van der Waals surface area contributed by atoms with E-state index in [2.05, 4.69) is 21.4 Å². The Morgan fingerprint density at radius 1 is 1.17 bits per heavy atom. The fourth-order valence-corrected chi connectivity index (χ4v) is 3.39. The van der Waals surface area contributed by atoms with Gasteiger partial charge < -0.3 is 14.8 Å². The molecule has 0 bridgehead atoms. The second kappa shape index (κ2) is 8.31. The van der Waals surface area contributed by atoms with Gasteiger partial charge >= 0.3 is 0 Å². The maximum absolute atomic E-state index is 12.7.